The maximum Gasteiger partial charge on any atom is 0.0376 e. The zero-order chi connectivity index (χ0) is 12.7. The number of anilines is 1. The average Bonchev–Trinajstić information content (AvgIpc) is 2.37. The Bertz CT molecular complexity index is 439. The van der Waals surface area contributed by atoms with Gasteiger partial charge in [0.05, 0.1) is 0 Å². The van der Waals surface area contributed by atoms with E-state index in [9.17, 15) is 0 Å². The summed E-state index contributed by atoms with van der Waals surface area (Å²) in [6.07, 6.45) is 1.33. The summed E-state index contributed by atoms with van der Waals surface area (Å²) in [5.74, 6) is 2.19. The number of likely N-dealkylation sites (tertiary alicyclic amines) is 1. The number of piperidine rings is 1. The summed E-state index contributed by atoms with van der Waals surface area (Å²) in [6.45, 7) is 8.19. The summed E-state index contributed by atoms with van der Waals surface area (Å²) >= 11 is 0. The highest BCUT2D eigenvalue weighted by molar-refractivity contribution is 5.57. The topological polar surface area (TPSA) is 15.3 Å². The number of hydrogen-bond acceptors (Lipinski definition) is 2. The highest BCUT2D eigenvalue weighted by Gasteiger charge is 2.33. The fourth-order valence-electron chi connectivity index (χ4n) is 3.41. The van der Waals surface area contributed by atoms with Crippen molar-refractivity contribution in [1.29, 1.82) is 0 Å². The number of rotatable bonds is 1. The Hall–Kier alpha value is -1.02. The van der Waals surface area contributed by atoms with Gasteiger partial charge >= 0.3 is 0 Å². The Morgan fingerprint density at radius 3 is 2.94 bits per heavy atom. The van der Waals surface area contributed by atoms with E-state index in [4.69, 9.17) is 0 Å². The van der Waals surface area contributed by atoms with Gasteiger partial charge in [0.2, 0.25) is 0 Å². The first-order chi connectivity index (χ1) is 8.65. The van der Waals surface area contributed by atoms with Crippen molar-refractivity contribution >= 4 is 5.69 Å². The molecule has 1 saturated heterocycles. The van der Waals surface area contributed by atoms with Crippen molar-refractivity contribution in [3.63, 3.8) is 0 Å². The lowest BCUT2D eigenvalue weighted by atomic mass is 9.77. The fraction of sp³-hybridized carbons (Fsp3) is 0.625. The second kappa shape index (κ2) is 4.58. The summed E-state index contributed by atoms with van der Waals surface area (Å²) in [5.41, 5.74) is 4.41. The monoisotopic (exact) mass is 244 g/mol. The average molecular weight is 244 g/mol. The van der Waals surface area contributed by atoms with Crippen LogP contribution >= 0.6 is 0 Å². The van der Waals surface area contributed by atoms with Gasteiger partial charge in [-0.2, -0.15) is 0 Å². The Morgan fingerprint density at radius 2 is 2.17 bits per heavy atom. The highest BCUT2D eigenvalue weighted by Crippen LogP contribution is 2.40. The van der Waals surface area contributed by atoms with Gasteiger partial charge < -0.3 is 10.2 Å². The standard InChI is InChI=1S/C16H24N2/c1-11(2)12-4-5-16-14(8-12)15-10-18(3)7-6-13(15)9-17-16/h4-5,8,11,13,15,17H,6-7,9-10H2,1-3H3. The number of nitrogens with one attached hydrogen (secondary N) is 1. The maximum atomic E-state index is 3.62. The molecule has 0 bridgehead atoms. The van der Waals surface area contributed by atoms with E-state index in [1.54, 1.807) is 5.56 Å². The van der Waals surface area contributed by atoms with Crippen LogP contribution in [0.2, 0.25) is 0 Å². The van der Waals surface area contributed by atoms with E-state index in [1.165, 1.54) is 30.8 Å². The lowest BCUT2D eigenvalue weighted by Gasteiger charge is -2.41. The molecule has 2 heteroatoms. The Balaban J connectivity index is 1.97. The summed E-state index contributed by atoms with van der Waals surface area (Å²) < 4.78 is 0. The molecule has 2 aliphatic rings. The molecule has 0 aromatic heterocycles. The van der Waals surface area contributed by atoms with Gasteiger partial charge in [0, 0.05) is 24.7 Å². The van der Waals surface area contributed by atoms with Crippen LogP contribution < -0.4 is 5.32 Å². The van der Waals surface area contributed by atoms with E-state index in [0.29, 0.717) is 5.92 Å². The first kappa shape index (κ1) is 12.0. The molecule has 98 valence electrons. The zero-order valence-corrected chi connectivity index (χ0v) is 11.7. The predicted octanol–water partition coefficient (Wildman–Crippen LogP) is 3.27. The molecule has 0 amide bonds. The molecular weight excluding hydrogens is 220 g/mol. The van der Waals surface area contributed by atoms with Crippen LogP contribution in [0.3, 0.4) is 0 Å². The minimum absolute atomic E-state index is 0.622. The molecule has 1 N–H and O–H groups in total. The van der Waals surface area contributed by atoms with E-state index in [2.05, 4.69) is 49.3 Å². The van der Waals surface area contributed by atoms with Crippen LogP contribution in [-0.2, 0) is 0 Å². The smallest absolute Gasteiger partial charge is 0.0376 e. The number of benzene rings is 1. The van der Waals surface area contributed by atoms with Gasteiger partial charge in [-0.05, 0) is 49.0 Å². The van der Waals surface area contributed by atoms with E-state index >= 15 is 0 Å². The zero-order valence-electron chi connectivity index (χ0n) is 11.7. The van der Waals surface area contributed by atoms with Crippen molar-refractivity contribution in [1.82, 2.24) is 4.90 Å². The van der Waals surface area contributed by atoms with Crippen molar-refractivity contribution in [2.45, 2.75) is 32.1 Å². The van der Waals surface area contributed by atoms with Gasteiger partial charge in [-0.1, -0.05) is 26.0 Å². The molecule has 2 heterocycles. The van der Waals surface area contributed by atoms with Crippen LogP contribution in [0.5, 0.6) is 0 Å². The molecule has 2 atom stereocenters. The Morgan fingerprint density at radius 1 is 1.33 bits per heavy atom. The minimum atomic E-state index is 0.622. The maximum absolute atomic E-state index is 3.62. The number of nitrogens with zero attached hydrogens (tertiary/aromatic N) is 1. The molecule has 0 radical (unpaired) electrons. The van der Waals surface area contributed by atoms with E-state index in [1.807, 2.05) is 0 Å². The van der Waals surface area contributed by atoms with Crippen molar-refractivity contribution in [3.8, 4) is 0 Å². The second-order valence-corrected chi connectivity index (χ2v) is 6.30. The molecule has 1 fully saturated rings. The normalized spacial score (nSPS) is 27.6. The van der Waals surface area contributed by atoms with Crippen LogP contribution in [0.4, 0.5) is 5.69 Å². The quantitative estimate of drug-likeness (QED) is 0.815. The molecule has 1 aromatic carbocycles. The van der Waals surface area contributed by atoms with Gasteiger partial charge in [0.25, 0.3) is 0 Å². The van der Waals surface area contributed by atoms with Crippen LogP contribution in [0.1, 0.15) is 43.2 Å². The molecule has 2 nitrogen and oxygen atoms in total. The number of likely N-dealkylation sites (N-methyl/N-ethyl adjacent to an activating group) is 1. The third kappa shape index (κ3) is 2.03. The lowest BCUT2D eigenvalue weighted by Crippen LogP contribution is -2.41. The van der Waals surface area contributed by atoms with Crippen molar-refractivity contribution in [2.75, 3.05) is 32.0 Å². The SMILES string of the molecule is CC(C)c1ccc2c(c1)C1CN(C)CCC1CN2. The molecule has 2 unspecified atom stereocenters. The molecule has 0 saturated carbocycles. The van der Waals surface area contributed by atoms with Gasteiger partial charge in [-0.25, -0.2) is 0 Å². The van der Waals surface area contributed by atoms with Gasteiger partial charge in [0.1, 0.15) is 0 Å². The summed E-state index contributed by atoms with van der Waals surface area (Å²) in [6, 6.07) is 7.02. The lowest BCUT2D eigenvalue weighted by molar-refractivity contribution is 0.192. The highest BCUT2D eigenvalue weighted by atomic mass is 15.1. The first-order valence-electron chi connectivity index (χ1n) is 7.21. The second-order valence-electron chi connectivity index (χ2n) is 6.30. The molecule has 2 aliphatic heterocycles. The van der Waals surface area contributed by atoms with Crippen LogP contribution in [0.15, 0.2) is 18.2 Å². The summed E-state index contributed by atoms with van der Waals surface area (Å²) in [5, 5.41) is 3.62. The van der Waals surface area contributed by atoms with Crippen molar-refractivity contribution in [2.24, 2.45) is 5.92 Å². The Labute approximate surface area is 110 Å². The van der Waals surface area contributed by atoms with Crippen molar-refractivity contribution in [3.05, 3.63) is 29.3 Å². The van der Waals surface area contributed by atoms with E-state index < -0.39 is 0 Å². The van der Waals surface area contributed by atoms with Crippen LogP contribution in [-0.4, -0.2) is 31.6 Å². The van der Waals surface area contributed by atoms with E-state index in [-0.39, 0.29) is 0 Å². The molecule has 0 aliphatic carbocycles. The first-order valence-corrected chi connectivity index (χ1v) is 7.21. The summed E-state index contributed by atoms with van der Waals surface area (Å²) in [4.78, 5) is 2.48. The Kier molecular flexibility index (Phi) is 3.06. The van der Waals surface area contributed by atoms with E-state index in [0.717, 1.165) is 18.4 Å². The van der Waals surface area contributed by atoms with Gasteiger partial charge in [-0.15, -0.1) is 0 Å². The number of hydrogen-bond donors (Lipinski definition) is 1. The predicted molar refractivity (Wildman–Crippen MR) is 77.4 cm³/mol. The fourth-order valence-corrected chi connectivity index (χ4v) is 3.41. The van der Waals surface area contributed by atoms with Crippen LogP contribution in [0.25, 0.3) is 0 Å². The largest absolute Gasteiger partial charge is 0.385 e. The van der Waals surface area contributed by atoms with Crippen LogP contribution in [0, 0.1) is 5.92 Å². The minimum Gasteiger partial charge on any atom is -0.385 e. The molecular formula is C16H24N2. The van der Waals surface area contributed by atoms with Gasteiger partial charge in [-0.3, -0.25) is 0 Å². The number of fused-ring (bicyclic) bond motifs is 3. The third-order valence-corrected chi connectivity index (χ3v) is 4.66. The van der Waals surface area contributed by atoms with Crippen molar-refractivity contribution < 1.29 is 0 Å². The molecule has 0 spiro atoms. The molecule has 18 heavy (non-hydrogen) atoms. The van der Waals surface area contributed by atoms with Gasteiger partial charge in [0.15, 0.2) is 0 Å². The summed E-state index contributed by atoms with van der Waals surface area (Å²) in [7, 11) is 2.25. The molecule has 3 rings (SSSR count). The molecule has 1 aromatic rings. The third-order valence-electron chi connectivity index (χ3n) is 4.66.